The number of carbonyl (C=O) groups is 1. The standard InChI is InChI=1S/C26H25N3O6/c1-5-35-18-12-10-17(11-13-18)29-26(31)20-9-7-6-8-19(20)23(28-29)25(30)27-16-14-21(32-2)24(34-4)22(15-16)33-3/h6-15H,5H2,1-4H3,(H,27,30). The molecule has 1 heterocycles. The molecule has 4 aromatic rings. The first-order chi connectivity index (χ1) is 17.0. The zero-order chi connectivity index (χ0) is 24.9. The molecule has 1 aromatic heterocycles. The van der Waals surface area contributed by atoms with Crippen LogP contribution in [0.15, 0.2) is 65.5 Å². The van der Waals surface area contributed by atoms with E-state index in [2.05, 4.69) is 10.4 Å². The van der Waals surface area contributed by atoms with Gasteiger partial charge in [0, 0.05) is 23.2 Å². The minimum atomic E-state index is -0.504. The summed E-state index contributed by atoms with van der Waals surface area (Å²) in [5.41, 5.74) is 0.664. The lowest BCUT2D eigenvalue weighted by Crippen LogP contribution is -2.26. The van der Waals surface area contributed by atoms with Gasteiger partial charge >= 0.3 is 0 Å². The van der Waals surface area contributed by atoms with Crippen LogP contribution in [0.25, 0.3) is 16.5 Å². The number of nitrogens with zero attached hydrogens (tertiary/aromatic N) is 2. The largest absolute Gasteiger partial charge is 0.494 e. The topological polar surface area (TPSA) is 101 Å². The summed E-state index contributed by atoms with van der Waals surface area (Å²) >= 11 is 0. The predicted octanol–water partition coefficient (Wildman–Crippen LogP) is 4.06. The molecule has 35 heavy (non-hydrogen) atoms. The molecule has 0 bridgehead atoms. The highest BCUT2D eigenvalue weighted by molar-refractivity contribution is 6.11. The first-order valence-electron chi connectivity index (χ1n) is 10.9. The number of benzene rings is 3. The lowest BCUT2D eigenvalue weighted by molar-refractivity contribution is 0.102. The number of hydrogen-bond donors (Lipinski definition) is 1. The fourth-order valence-electron chi connectivity index (χ4n) is 3.73. The van der Waals surface area contributed by atoms with Crippen LogP contribution in [0.5, 0.6) is 23.0 Å². The predicted molar refractivity (Wildman–Crippen MR) is 133 cm³/mol. The quantitative estimate of drug-likeness (QED) is 0.410. The Morgan fingerprint density at radius 2 is 1.54 bits per heavy atom. The molecule has 9 nitrogen and oxygen atoms in total. The molecule has 4 rings (SSSR count). The zero-order valence-corrected chi connectivity index (χ0v) is 19.8. The van der Waals surface area contributed by atoms with Gasteiger partial charge in [0.2, 0.25) is 5.75 Å². The molecule has 0 aliphatic rings. The number of hydrogen-bond acceptors (Lipinski definition) is 7. The van der Waals surface area contributed by atoms with E-state index in [4.69, 9.17) is 18.9 Å². The monoisotopic (exact) mass is 475 g/mol. The number of nitrogens with one attached hydrogen (secondary N) is 1. The molecular weight excluding hydrogens is 450 g/mol. The Hall–Kier alpha value is -4.53. The first kappa shape index (κ1) is 23.6. The number of methoxy groups -OCH3 is 3. The average molecular weight is 476 g/mol. The molecule has 180 valence electrons. The van der Waals surface area contributed by atoms with Crippen molar-refractivity contribution in [1.29, 1.82) is 0 Å². The van der Waals surface area contributed by atoms with E-state index in [0.717, 1.165) is 0 Å². The fraction of sp³-hybridized carbons (Fsp3) is 0.192. The third-order valence-electron chi connectivity index (χ3n) is 5.33. The number of aromatic nitrogens is 2. The molecule has 0 aliphatic carbocycles. The first-order valence-corrected chi connectivity index (χ1v) is 10.9. The number of anilines is 1. The summed E-state index contributed by atoms with van der Waals surface area (Å²) < 4.78 is 22.8. The summed E-state index contributed by atoms with van der Waals surface area (Å²) in [5.74, 6) is 1.35. The number of carbonyl (C=O) groups excluding carboxylic acids is 1. The highest BCUT2D eigenvalue weighted by Crippen LogP contribution is 2.40. The van der Waals surface area contributed by atoms with Crippen molar-refractivity contribution in [3.8, 4) is 28.7 Å². The van der Waals surface area contributed by atoms with E-state index in [1.54, 1.807) is 60.7 Å². The van der Waals surface area contributed by atoms with Gasteiger partial charge in [-0.3, -0.25) is 9.59 Å². The minimum absolute atomic E-state index is 0.0860. The maximum absolute atomic E-state index is 13.4. The second-order valence-corrected chi connectivity index (χ2v) is 7.41. The Bertz CT molecular complexity index is 1400. The van der Waals surface area contributed by atoms with Gasteiger partial charge in [-0.05, 0) is 37.3 Å². The maximum Gasteiger partial charge on any atom is 0.279 e. The second-order valence-electron chi connectivity index (χ2n) is 7.41. The number of fused-ring (bicyclic) bond motifs is 1. The van der Waals surface area contributed by atoms with E-state index < -0.39 is 5.91 Å². The van der Waals surface area contributed by atoms with Crippen LogP contribution in [0.4, 0.5) is 5.69 Å². The van der Waals surface area contributed by atoms with Crippen LogP contribution >= 0.6 is 0 Å². The Kier molecular flexibility index (Phi) is 6.86. The molecule has 0 aliphatic heterocycles. The smallest absolute Gasteiger partial charge is 0.279 e. The van der Waals surface area contributed by atoms with Crippen molar-refractivity contribution >= 4 is 22.4 Å². The molecule has 9 heteroatoms. The van der Waals surface area contributed by atoms with E-state index in [1.807, 2.05) is 6.92 Å². The van der Waals surface area contributed by atoms with Crippen LogP contribution in [0.1, 0.15) is 17.4 Å². The van der Waals surface area contributed by atoms with E-state index in [9.17, 15) is 9.59 Å². The van der Waals surface area contributed by atoms with E-state index in [0.29, 0.717) is 51.8 Å². The minimum Gasteiger partial charge on any atom is -0.494 e. The summed E-state index contributed by atoms with van der Waals surface area (Å²) in [6.07, 6.45) is 0. The number of ether oxygens (including phenoxy) is 4. The van der Waals surface area contributed by atoms with Crippen LogP contribution in [-0.4, -0.2) is 43.6 Å². The van der Waals surface area contributed by atoms with Gasteiger partial charge in [-0.2, -0.15) is 9.78 Å². The van der Waals surface area contributed by atoms with Crippen molar-refractivity contribution in [2.75, 3.05) is 33.3 Å². The highest BCUT2D eigenvalue weighted by atomic mass is 16.5. The molecule has 3 aromatic carbocycles. The lowest BCUT2D eigenvalue weighted by atomic mass is 10.1. The molecule has 1 N–H and O–H groups in total. The van der Waals surface area contributed by atoms with Crippen LogP contribution in [0.3, 0.4) is 0 Å². The second kappa shape index (κ2) is 10.2. The van der Waals surface area contributed by atoms with Gasteiger partial charge in [-0.1, -0.05) is 18.2 Å². The summed E-state index contributed by atoms with van der Waals surface area (Å²) in [7, 11) is 4.48. The molecule has 0 radical (unpaired) electrons. The van der Waals surface area contributed by atoms with Crippen molar-refractivity contribution in [1.82, 2.24) is 9.78 Å². The molecule has 0 spiro atoms. The van der Waals surface area contributed by atoms with Gasteiger partial charge in [-0.15, -0.1) is 0 Å². The van der Waals surface area contributed by atoms with E-state index in [-0.39, 0.29) is 11.3 Å². The van der Waals surface area contributed by atoms with E-state index >= 15 is 0 Å². The Morgan fingerprint density at radius 1 is 0.914 bits per heavy atom. The van der Waals surface area contributed by atoms with Gasteiger partial charge in [0.15, 0.2) is 17.2 Å². The summed E-state index contributed by atoms with van der Waals surface area (Å²) in [6, 6.07) is 17.0. The Morgan fingerprint density at radius 3 is 2.11 bits per heavy atom. The van der Waals surface area contributed by atoms with Crippen LogP contribution in [-0.2, 0) is 0 Å². The average Bonchev–Trinajstić information content (AvgIpc) is 2.89. The van der Waals surface area contributed by atoms with Crippen molar-refractivity contribution in [2.24, 2.45) is 0 Å². The van der Waals surface area contributed by atoms with Gasteiger partial charge in [0.25, 0.3) is 11.5 Å². The summed E-state index contributed by atoms with van der Waals surface area (Å²) in [4.78, 5) is 26.6. The van der Waals surface area contributed by atoms with Crippen molar-refractivity contribution in [3.63, 3.8) is 0 Å². The van der Waals surface area contributed by atoms with Gasteiger partial charge in [0.05, 0.1) is 39.0 Å². The third-order valence-corrected chi connectivity index (χ3v) is 5.33. The normalized spacial score (nSPS) is 10.6. The highest BCUT2D eigenvalue weighted by Gasteiger charge is 2.20. The van der Waals surface area contributed by atoms with Crippen molar-refractivity contribution in [2.45, 2.75) is 6.92 Å². The molecule has 0 saturated carbocycles. The third kappa shape index (κ3) is 4.61. The van der Waals surface area contributed by atoms with Crippen molar-refractivity contribution in [3.05, 3.63) is 76.7 Å². The van der Waals surface area contributed by atoms with Crippen LogP contribution < -0.4 is 29.8 Å². The summed E-state index contributed by atoms with van der Waals surface area (Å²) in [6.45, 7) is 2.42. The van der Waals surface area contributed by atoms with Gasteiger partial charge < -0.3 is 24.3 Å². The molecular formula is C26H25N3O6. The lowest BCUT2D eigenvalue weighted by Gasteiger charge is -2.15. The van der Waals surface area contributed by atoms with Crippen molar-refractivity contribution < 1.29 is 23.7 Å². The fourth-order valence-corrected chi connectivity index (χ4v) is 3.73. The van der Waals surface area contributed by atoms with Crippen LogP contribution in [0.2, 0.25) is 0 Å². The molecule has 0 unspecified atom stereocenters. The Balaban J connectivity index is 1.80. The van der Waals surface area contributed by atoms with Gasteiger partial charge in [-0.25, -0.2) is 0 Å². The SMILES string of the molecule is CCOc1ccc(-n2nc(C(=O)Nc3cc(OC)c(OC)c(OC)c3)c3ccccc3c2=O)cc1. The molecule has 0 atom stereocenters. The summed E-state index contributed by atoms with van der Waals surface area (Å²) in [5, 5.41) is 8.05. The van der Waals surface area contributed by atoms with Crippen LogP contribution in [0, 0.1) is 0 Å². The molecule has 0 saturated heterocycles. The zero-order valence-electron chi connectivity index (χ0n) is 19.8. The Labute approximate surface area is 201 Å². The van der Waals surface area contributed by atoms with E-state index in [1.165, 1.54) is 26.0 Å². The maximum atomic E-state index is 13.4. The number of rotatable bonds is 8. The number of amides is 1. The van der Waals surface area contributed by atoms with Gasteiger partial charge in [0.1, 0.15) is 5.75 Å². The molecule has 0 fully saturated rings. The molecule has 1 amide bonds.